The molecule has 0 amide bonds. The van der Waals surface area contributed by atoms with Crippen LogP contribution in [0.1, 0.15) is 37.4 Å². The van der Waals surface area contributed by atoms with Crippen LogP contribution in [0.5, 0.6) is 5.75 Å². The molecule has 0 bridgehead atoms. The first kappa shape index (κ1) is 20.7. The van der Waals surface area contributed by atoms with E-state index in [1.807, 2.05) is 6.92 Å². The Hall–Kier alpha value is -2.57. The van der Waals surface area contributed by atoms with E-state index in [-0.39, 0.29) is 13.2 Å². The fourth-order valence-corrected chi connectivity index (χ4v) is 2.58. The van der Waals surface area contributed by atoms with E-state index in [1.165, 1.54) is 14.2 Å². The predicted molar refractivity (Wildman–Crippen MR) is 100 cm³/mol. The predicted octanol–water partition coefficient (Wildman–Crippen LogP) is 3.90. The summed E-state index contributed by atoms with van der Waals surface area (Å²) in [5, 5.41) is 0. The van der Waals surface area contributed by atoms with Gasteiger partial charge in [-0.3, -0.25) is 0 Å². The van der Waals surface area contributed by atoms with E-state index in [4.69, 9.17) is 25.8 Å². The standard InChI is InChI=1S/C20H21ClO6/c1-13-7-8-16(12-17(13)20(23)25-3)26-9-10-27-18(21)14-5-4-6-15(11-14)19(22)24-2/h4-8,11-12,18H,9-10H2,1-3H3. The van der Waals surface area contributed by atoms with E-state index >= 15 is 0 Å². The van der Waals surface area contributed by atoms with Crippen molar-refractivity contribution in [3.63, 3.8) is 0 Å². The molecular weight excluding hydrogens is 372 g/mol. The maximum atomic E-state index is 11.7. The third-order valence-corrected chi connectivity index (χ3v) is 4.18. The summed E-state index contributed by atoms with van der Waals surface area (Å²) >= 11 is 6.22. The topological polar surface area (TPSA) is 71.1 Å². The molecule has 0 aliphatic rings. The molecule has 2 rings (SSSR count). The molecule has 2 aromatic carbocycles. The molecule has 0 radical (unpaired) electrons. The first-order chi connectivity index (χ1) is 13.0. The monoisotopic (exact) mass is 392 g/mol. The third kappa shape index (κ3) is 5.70. The van der Waals surface area contributed by atoms with E-state index in [0.717, 1.165) is 5.56 Å². The fourth-order valence-electron chi connectivity index (χ4n) is 2.35. The van der Waals surface area contributed by atoms with Gasteiger partial charge in [0, 0.05) is 0 Å². The van der Waals surface area contributed by atoms with Gasteiger partial charge < -0.3 is 18.9 Å². The molecule has 1 atom stereocenters. The van der Waals surface area contributed by atoms with Crippen LogP contribution in [0.15, 0.2) is 42.5 Å². The second-order valence-electron chi connectivity index (χ2n) is 5.62. The average molecular weight is 393 g/mol. The quantitative estimate of drug-likeness (QED) is 0.385. The van der Waals surface area contributed by atoms with Crippen molar-refractivity contribution in [2.75, 3.05) is 27.4 Å². The van der Waals surface area contributed by atoms with Crippen molar-refractivity contribution in [2.45, 2.75) is 12.5 Å². The normalized spacial score (nSPS) is 11.6. The van der Waals surface area contributed by atoms with Gasteiger partial charge in [-0.25, -0.2) is 9.59 Å². The summed E-state index contributed by atoms with van der Waals surface area (Å²) in [6.07, 6.45) is 0. The Balaban J connectivity index is 1.88. The van der Waals surface area contributed by atoms with Crippen molar-refractivity contribution >= 4 is 23.5 Å². The van der Waals surface area contributed by atoms with Gasteiger partial charge in [-0.15, -0.1) is 0 Å². The average Bonchev–Trinajstić information content (AvgIpc) is 2.70. The minimum absolute atomic E-state index is 0.220. The van der Waals surface area contributed by atoms with E-state index < -0.39 is 17.5 Å². The smallest absolute Gasteiger partial charge is 0.338 e. The van der Waals surface area contributed by atoms with Gasteiger partial charge in [-0.2, -0.15) is 0 Å². The van der Waals surface area contributed by atoms with Crippen molar-refractivity contribution in [1.82, 2.24) is 0 Å². The third-order valence-electron chi connectivity index (χ3n) is 3.80. The molecule has 144 valence electrons. The van der Waals surface area contributed by atoms with E-state index in [0.29, 0.717) is 22.4 Å². The molecule has 1 unspecified atom stereocenters. The first-order valence-electron chi connectivity index (χ1n) is 8.22. The highest BCUT2D eigenvalue weighted by molar-refractivity contribution is 6.20. The number of alkyl halides is 1. The number of benzene rings is 2. The zero-order valence-electron chi connectivity index (χ0n) is 15.4. The number of rotatable bonds is 8. The second-order valence-corrected chi connectivity index (χ2v) is 6.02. The van der Waals surface area contributed by atoms with Gasteiger partial charge in [0.1, 0.15) is 12.4 Å². The van der Waals surface area contributed by atoms with Crippen molar-refractivity contribution < 1.29 is 28.5 Å². The molecule has 27 heavy (non-hydrogen) atoms. The fraction of sp³-hybridized carbons (Fsp3) is 0.300. The minimum Gasteiger partial charge on any atom is -0.491 e. The Morgan fingerprint density at radius 2 is 1.74 bits per heavy atom. The molecule has 0 N–H and O–H groups in total. The largest absolute Gasteiger partial charge is 0.491 e. The maximum absolute atomic E-state index is 11.7. The number of carbonyl (C=O) groups excluding carboxylic acids is 2. The van der Waals surface area contributed by atoms with Gasteiger partial charge in [0.25, 0.3) is 0 Å². The van der Waals surface area contributed by atoms with Crippen LogP contribution >= 0.6 is 11.6 Å². The Morgan fingerprint density at radius 1 is 1.00 bits per heavy atom. The Labute approximate surface area is 162 Å². The molecule has 0 aliphatic heterocycles. The van der Waals surface area contributed by atoms with Crippen LogP contribution in [-0.4, -0.2) is 39.4 Å². The number of halogens is 1. The molecule has 0 aliphatic carbocycles. The Kier molecular flexibility index (Phi) is 7.64. The SMILES string of the molecule is COC(=O)c1cccc(C(Cl)OCCOc2ccc(C)c(C(=O)OC)c2)c1. The Bertz CT molecular complexity index is 805. The Morgan fingerprint density at radius 3 is 2.44 bits per heavy atom. The molecule has 7 heteroatoms. The summed E-state index contributed by atoms with van der Waals surface area (Å²) in [6.45, 7) is 2.28. The van der Waals surface area contributed by atoms with Crippen LogP contribution in [-0.2, 0) is 14.2 Å². The molecule has 0 aromatic heterocycles. The maximum Gasteiger partial charge on any atom is 0.338 e. The summed E-state index contributed by atoms with van der Waals surface area (Å²) in [6, 6.07) is 11.9. The number of hydrogen-bond acceptors (Lipinski definition) is 6. The first-order valence-corrected chi connectivity index (χ1v) is 8.65. The number of esters is 2. The van der Waals surface area contributed by atoms with E-state index in [9.17, 15) is 9.59 Å². The number of hydrogen-bond donors (Lipinski definition) is 0. The molecule has 0 heterocycles. The van der Waals surface area contributed by atoms with Crippen LogP contribution in [0.3, 0.4) is 0 Å². The summed E-state index contributed by atoms with van der Waals surface area (Å²) < 4.78 is 20.6. The molecular formula is C20H21ClO6. The zero-order chi connectivity index (χ0) is 19.8. The van der Waals surface area contributed by atoms with Crippen molar-refractivity contribution in [2.24, 2.45) is 0 Å². The zero-order valence-corrected chi connectivity index (χ0v) is 16.1. The lowest BCUT2D eigenvalue weighted by Crippen LogP contribution is -2.10. The number of ether oxygens (including phenoxy) is 4. The van der Waals surface area contributed by atoms with Crippen LogP contribution in [0.4, 0.5) is 0 Å². The molecule has 6 nitrogen and oxygen atoms in total. The summed E-state index contributed by atoms with van der Waals surface area (Å²) in [7, 11) is 2.65. The van der Waals surface area contributed by atoms with Gasteiger partial charge >= 0.3 is 11.9 Å². The number of methoxy groups -OCH3 is 2. The highest BCUT2D eigenvalue weighted by Crippen LogP contribution is 2.23. The van der Waals surface area contributed by atoms with Gasteiger partial charge in [0.05, 0.1) is 32.0 Å². The van der Waals surface area contributed by atoms with Crippen LogP contribution < -0.4 is 4.74 Å². The molecule has 0 saturated heterocycles. The summed E-state index contributed by atoms with van der Waals surface area (Å²) in [5.74, 6) is -0.325. The lowest BCUT2D eigenvalue weighted by Gasteiger charge is -2.13. The van der Waals surface area contributed by atoms with Gasteiger partial charge in [-0.05, 0) is 42.3 Å². The van der Waals surface area contributed by atoms with E-state index in [2.05, 4.69) is 4.74 Å². The number of aryl methyl sites for hydroxylation is 1. The van der Waals surface area contributed by atoms with Crippen LogP contribution in [0.2, 0.25) is 0 Å². The van der Waals surface area contributed by atoms with Gasteiger partial charge in [0.2, 0.25) is 0 Å². The van der Waals surface area contributed by atoms with Crippen LogP contribution in [0.25, 0.3) is 0 Å². The van der Waals surface area contributed by atoms with Gasteiger partial charge in [0.15, 0.2) is 5.56 Å². The van der Waals surface area contributed by atoms with Crippen molar-refractivity contribution in [3.05, 3.63) is 64.7 Å². The summed E-state index contributed by atoms with van der Waals surface area (Å²) in [5.41, 5.74) is 1.56. The highest BCUT2D eigenvalue weighted by Gasteiger charge is 2.13. The molecule has 0 saturated carbocycles. The molecule has 0 spiro atoms. The lowest BCUT2D eigenvalue weighted by atomic mass is 10.1. The molecule has 0 fully saturated rings. The minimum atomic E-state index is -0.734. The van der Waals surface area contributed by atoms with Crippen molar-refractivity contribution in [1.29, 1.82) is 0 Å². The lowest BCUT2D eigenvalue weighted by molar-refractivity contribution is 0.0591. The van der Waals surface area contributed by atoms with Gasteiger partial charge in [-0.1, -0.05) is 29.8 Å². The summed E-state index contributed by atoms with van der Waals surface area (Å²) in [4.78, 5) is 23.3. The van der Waals surface area contributed by atoms with Crippen LogP contribution in [0, 0.1) is 6.92 Å². The van der Waals surface area contributed by atoms with E-state index in [1.54, 1.807) is 42.5 Å². The highest BCUT2D eigenvalue weighted by atomic mass is 35.5. The number of carbonyl (C=O) groups is 2. The molecule has 2 aromatic rings. The second kappa shape index (κ2) is 9.94. The van der Waals surface area contributed by atoms with Crippen molar-refractivity contribution in [3.8, 4) is 5.75 Å².